The summed E-state index contributed by atoms with van der Waals surface area (Å²) in [5, 5.41) is 0. The Labute approximate surface area is 81.3 Å². The molecule has 1 aromatic rings. The van der Waals surface area contributed by atoms with Crippen LogP contribution in [0.5, 0.6) is 0 Å². The molecule has 0 aliphatic heterocycles. The lowest BCUT2D eigenvalue weighted by molar-refractivity contribution is 0.328. The molecule has 0 fully saturated rings. The van der Waals surface area contributed by atoms with Gasteiger partial charge < -0.3 is 13.7 Å². The fourth-order valence-electron chi connectivity index (χ4n) is 0.825. The van der Waals surface area contributed by atoms with Crippen molar-refractivity contribution in [2.24, 2.45) is 0 Å². The first-order valence-electron chi connectivity index (χ1n) is 3.20. The van der Waals surface area contributed by atoms with Crippen molar-refractivity contribution in [3.8, 4) is 0 Å². The molecule has 0 aliphatic rings. The van der Waals surface area contributed by atoms with E-state index in [2.05, 4.69) is 0 Å². The molecule has 0 spiro atoms. The van der Waals surface area contributed by atoms with E-state index >= 15 is 0 Å². The van der Waals surface area contributed by atoms with Gasteiger partial charge in [-0.1, -0.05) is 0 Å². The maximum atomic E-state index is 12.7. The number of benzene rings is 1. The van der Waals surface area contributed by atoms with Gasteiger partial charge in [-0.25, -0.2) is 22.0 Å². The summed E-state index contributed by atoms with van der Waals surface area (Å²) in [5.74, 6) is -12.1. The van der Waals surface area contributed by atoms with E-state index in [4.69, 9.17) is 13.7 Å². The van der Waals surface area contributed by atoms with E-state index in [9.17, 15) is 22.0 Å². The van der Waals surface area contributed by atoms with Crippen molar-refractivity contribution in [1.29, 1.82) is 0 Å². The van der Waals surface area contributed by atoms with Gasteiger partial charge in [-0.05, 0) is 0 Å². The van der Waals surface area contributed by atoms with Crippen LogP contribution in [0, 0.1) is 29.1 Å². The van der Waals surface area contributed by atoms with Crippen LogP contribution in [0.15, 0.2) is 4.90 Å². The molecule has 0 bridgehead atoms. The highest BCUT2D eigenvalue weighted by Crippen LogP contribution is 2.47. The minimum Gasteiger partial charge on any atom is -0.304 e. The Balaban J connectivity index is 3.68. The molecule has 0 aliphatic carbocycles. The molecule has 0 saturated carbocycles. The molecule has 0 heterocycles. The number of hydrogen-bond donors (Lipinski definition) is 3. The summed E-state index contributed by atoms with van der Waals surface area (Å²) < 4.78 is 88.1. The van der Waals surface area contributed by atoms with Crippen LogP contribution in [0.1, 0.15) is 0 Å². The zero-order valence-corrected chi connectivity index (χ0v) is 7.46. The molecule has 1 aromatic carbocycles. The van der Waals surface area contributed by atoms with Crippen molar-refractivity contribution >= 4 is 10.9 Å². The summed E-state index contributed by atoms with van der Waals surface area (Å²) in [7, 11) is -5.02. The number of halogens is 5. The molecule has 0 unspecified atom stereocenters. The van der Waals surface area contributed by atoms with E-state index in [1.165, 1.54) is 0 Å². The van der Waals surface area contributed by atoms with Crippen LogP contribution >= 0.6 is 10.9 Å². The highest BCUT2D eigenvalue weighted by atomic mass is 32.3. The van der Waals surface area contributed by atoms with Gasteiger partial charge in [0.1, 0.15) is 15.8 Å². The third kappa shape index (κ3) is 1.91. The Morgan fingerprint density at radius 3 is 1.13 bits per heavy atom. The molecule has 3 nitrogen and oxygen atoms in total. The van der Waals surface area contributed by atoms with Crippen molar-refractivity contribution in [3.63, 3.8) is 0 Å². The lowest BCUT2D eigenvalue weighted by Gasteiger charge is -2.20. The topological polar surface area (TPSA) is 60.7 Å². The second kappa shape index (κ2) is 3.59. The Hall–Kier alpha value is -0.900. The monoisotopic (exact) mass is 250 g/mol. The average Bonchev–Trinajstić information content (AvgIpc) is 2.09. The molecule has 86 valence electrons. The third-order valence-electron chi connectivity index (χ3n) is 1.44. The van der Waals surface area contributed by atoms with E-state index < -0.39 is 44.9 Å². The van der Waals surface area contributed by atoms with Crippen LogP contribution in [0.3, 0.4) is 0 Å². The summed E-state index contributed by atoms with van der Waals surface area (Å²) in [6.45, 7) is 0. The molecule has 15 heavy (non-hydrogen) atoms. The molecule has 0 saturated heterocycles. The van der Waals surface area contributed by atoms with E-state index in [0.29, 0.717) is 0 Å². The van der Waals surface area contributed by atoms with Gasteiger partial charge in [0.2, 0.25) is 5.82 Å². The molecule has 0 radical (unpaired) electrons. The predicted molar refractivity (Wildman–Crippen MR) is 40.0 cm³/mol. The fraction of sp³-hybridized carbons (Fsp3) is 0. The Morgan fingerprint density at radius 2 is 0.867 bits per heavy atom. The lowest BCUT2D eigenvalue weighted by Crippen LogP contribution is -2.10. The predicted octanol–water partition coefficient (Wildman–Crippen LogP) is 2.96. The number of rotatable bonds is 1. The van der Waals surface area contributed by atoms with Gasteiger partial charge in [0.15, 0.2) is 23.3 Å². The minimum absolute atomic E-state index is 2.04. The van der Waals surface area contributed by atoms with Gasteiger partial charge in [-0.2, -0.15) is 0 Å². The summed E-state index contributed by atoms with van der Waals surface area (Å²) in [6.07, 6.45) is 0. The maximum absolute atomic E-state index is 12.7. The molecule has 3 N–H and O–H groups in total. The van der Waals surface area contributed by atoms with Crippen LogP contribution in [-0.4, -0.2) is 13.7 Å². The average molecular weight is 250 g/mol. The minimum atomic E-state index is -5.02. The highest BCUT2D eigenvalue weighted by Gasteiger charge is 2.34. The Morgan fingerprint density at radius 1 is 0.600 bits per heavy atom. The van der Waals surface area contributed by atoms with Crippen molar-refractivity contribution in [2.45, 2.75) is 4.90 Å². The van der Waals surface area contributed by atoms with Crippen LogP contribution in [0.4, 0.5) is 22.0 Å². The van der Waals surface area contributed by atoms with Crippen molar-refractivity contribution < 1.29 is 35.6 Å². The molecular formula is C6H3F5O3S. The highest BCUT2D eigenvalue weighted by molar-refractivity contribution is 8.19. The Kier molecular flexibility index (Phi) is 2.92. The van der Waals surface area contributed by atoms with Gasteiger partial charge in [-0.3, -0.25) is 0 Å². The van der Waals surface area contributed by atoms with E-state index in [-0.39, 0.29) is 0 Å². The standard InChI is InChI=1S/C6H3F5O3S/c7-1-2(8)4(10)6(15(12,13)14)5(11)3(1)9/h12-14H. The third-order valence-corrected chi connectivity index (χ3v) is 2.35. The molecule has 0 amide bonds. The van der Waals surface area contributed by atoms with Crippen LogP contribution in [-0.2, 0) is 0 Å². The molecular weight excluding hydrogens is 247 g/mol. The zero-order valence-electron chi connectivity index (χ0n) is 6.64. The SMILES string of the molecule is OS(O)(O)c1c(F)c(F)c(F)c(F)c1F. The summed E-state index contributed by atoms with van der Waals surface area (Å²) >= 11 is 0. The van der Waals surface area contributed by atoms with Gasteiger partial charge >= 0.3 is 0 Å². The van der Waals surface area contributed by atoms with Gasteiger partial charge in [0, 0.05) is 0 Å². The summed E-state index contributed by atoms with van der Waals surface area (Å²) in [4.78, 5) is -2.04. The fourth-order valence-corrected chi connectivity index (χ4v) is 1.49. The summed E-state index contributed by atoms with van der Waals surface area (Å²) in [6, 6.07) is 0. The number of hydrogen-bond acceptors (Lipinski definition) is 3. The first kappa shape index (κ1) is 12.2. The van der Waals surface area contributed by atoms with Gasteiger partial charge in [0.05, 0.1) is 0 Å². The lowest BCUT2D eigenvalue weighted by atomic mass is 10.3. The first-order chi connectivity index (χ1) is 6.68. The van der Waals surface area contributed by atoms with Crippen molar-refractivity contribution in [2.75, 3.05) is 0 Å². The summed E-state index contributed by atoms with van der Waals surface area (Å²) in [5.41, 5.74) is 0. The largest absolute Gasteiger partial charge is 0.304 e. The zero-order chi connectivity index (χ0) is 12.0. The molecule has 0 atom stereocenters. The molecule has 9 heteroatoms. The van der Waals surface area contributed by atoms with Crippen LogP contribution < -0.4 is 0 Å². The van der Waals surface area contributed by atoms with E-state index in [1.807, 2.05) is 0 Å². The molecule has 0 aromatic heterocycles. The normalized spacial score (nSPS) is 13.1. The van der Waals surface area contributed by atoms with Gasteiger partial charge in [0.25, 0.3) is 0 Å². The quantitative estimate of drug-likeness (QED) is 0.408. The van der Waals surface area contributed by atoms with Gasteiger partial charge in [-0.15, -0.1) is 0 Å². The first-order valence-corrected chi connectivity index (χ1v) is 4.70. The smallest absolute Gasteiger partial charge is 0.200 e. The second-order valence-corrected chi connectivity index (χ2v) is 3.86. The van der Waals surface area contributed by atoms with Crippen molar-refractivity contribution in [1.82, 2.24) is 0 Å². The molecule has 1 rings (SSSR count). The van der Waals surface area contributed by atoms with Crippen molar-refractivity contribution in [3.05, 3.63) is 29.1 Å². The van der Waals surface area contributed by atoms with Crippen LogP contribution in [0.2, 0.25) is 0 Å². The van der Waals surface area contributed by atoms with E-state index in [0.717, 1.165) is 0 Å². The Bertz CT molecular complexity index is 387. The second-order valence-electron chi connectivity index (χ2n) is 2.42. The van der Waals surface area contributed by atoms with Crippen LogP contribution in [0.25, 0.3) is 0 Å². The van der Waals surface area contributed by atoms with E-state index in [1.54, 1.807) is 0 Å². The maximum Gasteiger partial charge on any atom is 0.200 e.